The third-order valence-corrected chi connectivity index (χ3v) is 3.09. The lowest BCUT2D eigenvalue weighted by Gasteiger charge is -2.07. The first-order valence-electron chi connectivity index (χ1n) is 3.63. The lowest BCUT2D eigenvalue weighted by molar-refractivity contribution is 0.140. The van der Waals surface area contributed by atoms with Crippen molar-refractivity contribution in [3.05, 3.63) is 23.3 Å². The quantitative estimate of drug-likeness (QED) is 0.605. The van der Waals surface area contributed by atoms with Crippen LogP contribution in [0.5, 0.6) is 0 Å². The van der Waals surface area contributed by atoms with Crippen LogP contribution in [0.15, 0.2) is 11.0 Å². The van der Waals surface area contributed by atoms with Gasteiger partial charge in [-0.1, -0.05) is 0 Å². The Labute approximate surface area is 88.3 Å². The van der Waals surface area contributed by atoms with Crippen molar-refractivity contribution in [3.63, 3.8) is 0 Å². The molecule has 0 aliphatic heterocycles. The van der Waals surface area contributed by atoms with Gasteiger partial charge in [-0.2, -0.15) is 4.39 Å². The summed E-state index contributed by atoms with van der Waals surface area (Å²) in [5.74, 6) is -1.17. The smallest absolute Gasteiger partial charge is 0.217 e. The van der Waals surface area contributed by atoms with Gasteiger partial charge in [-0.3, -0.25) is 0 Å². The number of aromatic nitrogens is 1. The molecule has 0 saturated heterocycles. The van der Waals surface area contributed by atoms with Crippen molar-refractivity contribution < 1.29 is 21.6 Å². The van der Waals surface area contributed by atoms with E-state index in [0.717, 1.165) is 13.0 Å². The molecular weight excluding hydrogens is 255 g/mol. The van der Waals surface area contributed by atoms with Gasteiger partial charge in [0.05, 0.1) is 0 Å². The summed E-state index contributed by atoms with van der Waals surface area (Å²) in [5.41, 5.74) is -1.37. The van der Waals surface area contributed by atoms with Crippen LogP contribution in [0.3, 0.4) is 0 Å². The normalized spacial score (nSPS) is 12.1. The van der Waals surface area contributed by atoms with Gasteiger partial charge in [-0.25, -0.2) is 22.2 Å². The number of hydrogen-bond acceptors (Lipinski definition) is 3. The van der Waals surface area contributed by atoms with Gasteiger partial charge >= 0.3 is 0 Å². The Morgan fingerprint density at radius 1 is 1.47 bits per heavy atom. The van der Waals surface area contributed by atoms with Crippen LogP contribution < -0.4 is 0 Å². The van der Waals surface area contributed by atoms with Crippen LogP contribution in [-0.4, -0.2) is 13.4 Å². The van der Waals surface area contributed by atoms with E-state index >= 15 is 0 Å². The largest absolute Gasteiger partial charge is 0.281 e. The van der Waals surface area contributed by atoms with Gasteiger partial charge < -0.3 is 0 Å². The molecule has 0 N–H and O–H groups in total. The molecule has 84 valence electrons. The van der Waals surface area contributed by atoms with Crippen LogP contribution in [0.4, 0.5) is 13.2 Å². The molecule has 0 atom stereocenters. The van der Waals surface area contributed by atoms with E-state index in [9.17, 15) is 21.6 Å². The molecule has 0 saturated carbocycles. The Hall–Kier alpha value is -0.820. The molecule has 0 amide bonds. The fourth-order valence-electron chi connectivity index (χ4n) is 1.11. The van der Waals surface area contributed by atoms with Crippen LogP contribution in [0.25, 0.3) is 0 Å². The standard InChI is InChI=1S/C7H5ClF3NO2S/c1-3-2-4(9)12-5(7(10)11)6(3)15(8,13)14/h2,7H,1H3. The maximum atomic E-state index is 12.7. The van der Waals surface area contributed by atoms with E-state index in [1.165, 1.54) is 0 Å². The summed E-state index contributed by atoms with van der Waals surface area (Å²) in [6, 6.07) is 0.723. The number of halogens is 4. The maximum Gasteiger partial charge on any atom is 0.281 e. The fraction of sp³-hybridized carbons (Fsp3) is 0.286. The second-order valence-corrected chi connectivity index (χ2v) is 5.22. The Morgan fingerprint density at radius 2 is 2.00 bits per heavy atom. The minimum absolute atomic E-state index is 0.201. The van der Waals surface area contributed by atoms with Gasteiger partial charge in [0.2, 0.25) is 5.95 Å². The highest BCUT2D eigenvalue weighted by Crippen LogP contribution is 2.29. The van der Waals surface area contributed by atoms with Crippen molar-refractivity contribution in [1.29, 1.82) is 0 Å². The van der Waals surface area contributed by atoms with E-state index in [0.29, 0.717) is 0 Å². The van der Waals surface area contributed by atoms with E-state index in [1.54, 1.807) is 0 Å². The van der Waals surface area contributed by atoms with Gasteiger partial charge in [-0.15, -0.1) is 0 Å². The van der Waals surface area contributed by atoms with Crippen LogP contribution in [-0.2, 0) is 9.05 Å². The highest BCUT2D eigenvalue weighted by Gasteiger charge is 2.26. The fourth-order valence-corrected chi connectivity index (χ4v) is 2.54. The number of pyridine rings is 1. The molecule has 1 heterocycles. The molecule has 15 heavy (non-hydrogen) atoms. The number of hydrogen-bond donors (Lipinski definition) is 0. The van der Waals surface area contributed by atoms with Crippen molar-refractivity contribution in [2.75, 3.05) is 0 Å². The zero-order valence-electron chi connectivity index (χ0n) is 7.34. The zero-order valence-corrected chi connectivity index (χ0v) is 8.91. The molecule has 0 unspecified atom stereocenters. The van der Waals surface area contributed by atoms with E-state index in [4.69, 9.17) is 10.7 Å². The van der Waals surface area contributed by atoms with Crippen LogP contribution in [0.2, 0.25) is 0 Å². The second kappa shape index (κ2) is 3.97. The second-order valence-electron chi connectivity index (χ2n) is 2.71. The van der Waals surface area contributed by atoms with E-state index in [-0.39, 0.29) is 5.56 Å². The minimum Gasteiger partial charge on any atom is -0.217 e. The maximum absolute atomic E-state index is 12.7. The van der Waals surface area contributed by atoms with Gasteiger partial charge in [0.25, 0.3) is 15.5 Å². The predicted molar refractivity (Wildman–Crippen MR) is 46.9 cm³/mol. The molecule has 0 aromatic carbocycles. The monoisotopic (exact) mass is 259 g/mol. The van der Waals surface area contributed by atoms with E-state index in [2.05, 4.69) is 4.98 Å². The zero-order chi connectivity index (χ0) is 11.8. The summed E-state index contributed by atoms with van der Waals surface area (Å²) in [6.07, 6.45) is -3.21. The SMILES string of the molecule is Cc1cc(F)nc(C(F)F)c1S(=O)(=O)Cl. The van der Waals surface area contributed by atoms with E-state index < -0.39 is 32.0 Å². The Morgan fingerprint density at radius 3 is 2.40 bits per heavy atom. The minimum atomic E-state index is -4.36. The van der Waals surface area contributed by atoms with Gasteiger partial charge in [-0.05, 0) is 18.6 Å². The van der Waals surface area contributed by atoms with Gasteiger partial charge in [0.1, 0.15) is 10.6 Å². The first-order chi connectivity index (χ1) is 6.73. The Bertz CT molecular complexity index is 489. The third kappa shape index (κ3) is 2.60. The van der Waals surface area contributed by atoms with Crippen LogP contribution >= 0.6 is 10.7 Å². The average Bonchev–Trinajstić information content (AvgIpc) is 1.99. The predicted octanol–water partition coefficient (Wildman–Crippen LogP) is 2.39. The number of rotatable bonds is 2. The summed E-state index contributed by atoms with van der Waals surface area (Å²) in [5, 5.41) is 0. The lowest BCUT2D eigenvalue weighted by Crippen LogP contribution is -2.06. The molecule has 1 aromatic heterocycles. The number of aryl methyl sites for hydroxylation is 1. The van der Waals surface area contributed by atoms with E-state index in [1.807, 2.05) is 0 Å². The Balaban J connectivity index is 3.62. The van der Waals surface area contributed by atoms with Crippen molar-refractivity contribution >= 4 is 19.7 Å². The Kier molecular flexibility index (Phi) is 3.25. The van der Waals surface area contributed by atoms with Gasteiger partial charge in [0, 0.05) is 10.7 Å². The van der Waals surface area contributed by atoms with Gasteiger partial charge in [0.15, 0.2) is 0 Å². The highest BCUT2D eigenvalue weighted by atomic mass is 35.7. The third-order valence-electron chi connectivity index (χ3n) is 1.60. The van der Waals surface area contributed by atoms with Crippen molar-refractivity contribution in [2.45, 2.75) is 18.2 Å². The number of nitrogens with zero attached hydrogens (tertiary/aromatic N) is 1. The van der Waals surface area contributed by atoms with Crippen molar-refractivity contribution in [1.82, 2.24) is 4.98 Å². The number of alkyl halides is 2. The first kappa shape index (κ1) is 12.3. The summed E-state index contributed by atoms with van der Waals surface area (Å²) in [7, 11) is 0.579. The molecule has 8 heteroatoms. The molecule has 0 radical (unpaired) electrons. The molecule has 0 bridgehead atoms. The van der Waals surface area contributed by atoms with Crippen LogP contribution in [0.1, 0.15) is 17.7 Å². The molecule has 3 nitrogen and oxygen atoms in total. The molecule has 0 spiro atoms. The summed E-state index contributed by atoms with van der Waals surface area (Å²) in [6.45, 7) is 1.16. The lowest BCUT2D eigenvalue weighted by atomic mass is 10.2. The van der Waals surface area contributed by atoms with Crippen molar-refractivity contribution in [2.24, 2.45) is 0 Å². The molecule has 1 rings (SSSR count). The highest BCUT2D eigenvalue weighted by molar-refractivity contribution is 8.13. The molecular formula is C7H5ClF3NO2S. The van der Waals surface area contributed by atoms with Crippen LogP contribution in [0, 0.1) is 12.9 Å². The molecule has 0 aliphatic rings. The first-order valence-corrected chi connectivity index (χ1v) is 5.94. The molecule has 0 aliphatic carbocycles. The molecule has 1 aromatic rings. The average molecular weight is 260 g/mol. The summed E-state index contributed by atoms with van der Waals surface area (Å²) >= 11 is 0. The summed E-state index contributed by atoms with van der Waals surface area (Å²) in [4.78, 5) is 1.99. The van der Waals surface area contributed by atoms with Crippen molar-refractivity contribution in [3.8, 4) is 0 Å². The summed E-state index contributed by atoms with van der Waals surface area (Å²) < 4.78 is 59.3. The molecule has 0 fully saturated rings. The topological polar surface area (TPSA) is 47.0 Å².